The van der Waals surface area contributed by atoms with Gasteiger partial charge in [0.15, 0.2) is 0 Å². The summed E-state index contributed by atoms with van der Waals surface area (Å²) in [6, 6.07) is 3.49. The fourth-order valence-electron chi connectivity index (χ4n) is 3.25. The molecule has 0 N–H and O–H groups in total. The van der Waals surface area contributed by atoms with E-state index < -0.39 is 0 Å². The van der Waals surface area contributed by atoms with Gasteiger partial charge in [-0.05, 0) is 41.3 Å². The number of aryl methyl sites for hydroxylation is 1. The summed E-state index contributed by atoms with van der Waals surface area (Å²) in [6.07, 6.45) is 3.99. The number of halogens is 3. The average Bonchev–Trinajstić information content (AvgIpc) is 3.03. The molecule has 0 saturated heterocycles. The first-order valence-corrected chi connectivity index (χ1v) is 8.43. The first-order valence-electron chi connectivity index (χ1n) is 7.10. The van der Waals surface area contributed by atoms with Crippen LogP contribution in [0.15, 0.2) is 16.6 Å². The Morgan fingerprint density at radius 1 is 1.48 bits per heavy atom. The lowest BCUT2D eigenvalue weighted by Gasteiger charge is -2.22. The molecule has 1 saturated carbocycles. The van der Waals surface area contributed by atoms with Crippen molar-refractivity contribution >= 4 is 38.6 Å². The Hall–Kier alpha value is -0.650. The molecule has 2 unspecified atom stereocenters. The van der Waals surface area contributed by atoms with Crippen molar-refractivity contribution in [3.63, 3.8) is 0 Å². The number of fused-ring (bicyclic) bond motifs is 1. The zero-order valence-corrected chi connectivity index (χ0v) is 14.1. The molecule has 0 radical (unpaired) electrons. The molecule has 1 aliphatic rings. The van der Waals surface area contributed by atoms with Gasteiger partial charge in [-0.15, -0.1) is 11.6 Å². The third kappa shape index (κ3) is 2.71. The minimum absolute atomic E-state index is 0.156. The molecule has 3 rings (SSSR count). The summed E-state index contributed by atoms with van der Waals surface area (Å²) in [5, 5.41) is 0. The van der Waals surface area contributed by atoms with Crippen LogP contribution in [0.3, 0.4) is 0 Å². The molecule has 1 fully saturated rings. The monoisotopic (exact) mass is 374 g/mol. The van der Waals surface area contributed by atoms with E-state index in [1.807, 2.05) is 0 Å². The summed E-state index contributed by atoms with van der Waals surface area (Å²) in [5.74, 6) is 1.14. The van der Waals surface area contributed by atoms with Crippen molar-refractivity contribution in [1.82, 2.24) is 9.55 Å². The maximum Gasteiger partial charge on any atom is 0.139 e. The fraction of sp³-hybridized carbons (Fsp3) is 0.533. The largest absolute Gasteiger partial charge is 0.379 e. The van der Waals surface area contributed by atoms with Crippen LogP contribution in [0.1, 0.15) is 31.1 Å². The van der Waals surface area contributed by atoms with Crippen molar-refractivity contribution < 1.29 is 9.13 Å². The zero-order valence-electron chi connectivity index (χ0n) is 11.8. The van der Waals surface area contributed by atoms with Gasteiger partial charge in [-0.25, -0.2) is 9.37 Å². The van der Waals surface area contributed by atoms with Crippen molar-refractivity contribution in [2.45, 2.75) is 37.8 Å². The Balaban J connectivity index is 2.17. The lowest BCUT2D eigenvalue weighted by molar-refractivity contribution is 0.0753. The molecule has 1 aromatic carbocycles. The lowest BCUT2D eigenvalue weighted by Crippen LogP contribution is -2.22. The lowest BCUT2D eigenvalue weighted by atomic mass is 10.2. The van der Waals surface area contributed by atoms with Crippen LogP contribution in [-0.2, 0) is 11.2 Å². The Morgan fingerprint density at radius 3 is 3.00 bits per heavy atom. The van der Waals surface area contributed by atoms with Gasteiger partial charge in [-0.2, -0.15) is 0 Å². The highest BCUT2D eigenvalue weighted by molar-refractivity contribution is 9.10. The molecule has 114 valence electrons. The highest BCUT2D eigenvalue weighted by atomic mass is 79.9. The molecule has 1 aliphatic carbocycles. The topological polar surface area (TPSA) is 27.1 Å². The van der Waals surface area contributed by atoms with Crippen LogP contribution in [-0.4, -0.2) is 28.6 Å². The molecule has 6 heteroatoms. The third-order valence-corrected chi connectivity index (χ3v) is 4.97. The van der Waals surface area contributed by atoms with E-state index in [9.17, 15) is 4.39 Å². The SMILES string of the molecule is COC1CCCC1n1c(CCCl)nc2cc(Br)c(F)cc21. The van der Waals surface area contributed by atoms with E-state index in [-0.39, 0.29) is 18.0 Å². The van der Waals surface area contributed by atoms with Crippen LogP contribution in [0.2, 0.25) is 0 Å². The van der Waals surface area contributed by atoms with Crippen LogP contribution < -0.4 is 0 Å². The fourth-order valence-corrected chi connectivity index (χ4v) is 3.75. The van der Waals surface area contributed by atoms with Gasteiger partial charge in [-0.3, -0.25) is 0 Å². The number of ether oxygens (including phenoxy) is 1. The second-order valence-electron chi connectivity index (χ2n) is 5.36. The minimum Gasteiger partial charge on any atom is -0.379 e. The Bertz CT molecular complexity index is 661. The van der Waals surface area contributed by atoms with Crippen LogP contribution in [0.4, 0.5) is 4.39 Å². The number of nitrogens with zero attached hydrogens (tertiary/aromatic N) is 2. The Labute approximate surface area is 136 Å². The van der Waals surface area contributed by atoms with Crippen molar-refractivity contribution in [2.75, 3.05) is 13.0 Å². The molecule has 0 spiro atoms. The quantitative estimate of drug-likeness (QED) is 0.738. The molecular weight excluding hydrogens is 359 g/mol. The van der Waals surface area contributed by atoms with E-state index in [0.717, 1.165) is 36.1 Å². The number of benzene rings is 1. The summed E-state index contributed by atoms with van der Waals surface area (Å²) in [4.78, 5) is 4.64. The number of hydrogen-bond donors (Lipinski definition) is 0. The standard InChI is InChI=1S/C15H17BrClFN2O/c1-21-14-4-2-3-12(14)20-13-8-10(18)9(16)7-11(13)19-15(20)5-6-17/h7-8,12,14H,2-6H2,1H3. The summed E-state index contributed by atoms with van der Waals surface area (Å²) >= 11 is 9.13. The van der Waals surface area contributed by atoms with Crippen molar-refractivity contribution in [3.8, 4) is 0 Å². The van der Waals surface area contributed by atoms with Gasteiger partial charge >= 0.3 is 0 Å². The van der Waals surface area contributed by atoms with E-state index in [1.54, 1.807) is 19.2 Å². The maximum absolute atomic E-state index is 13.9. The predicted octanol–water partition coefficient (Wildman–Crippen LogP) is 4.46. The molecular formula is C15H17BrClFN2O. The number of rotatable bonds is 4. The third-order valence-electron chi connectivity index (χ3n) is 4.17. The van der Waals surface area contributed by atoms with Gasteiger partial charge in [0, 0.05) is 25.5 Å². The molecule has 0 aliphatic heterocycles. The predicted molar refractivity (Wildman–Crippen MR) is 85.5 cm³/mol. The van der Waals surface area contributed by atoms with Crippen LogP contribution in [0, 0.1) is 5.82 Å². The van der Waals surface area contributed by atoms with E-state index in [4.69, 9.17) is 16.3 Å². The van der Waals surface area contributed by atoms with E-state index in [2.05, 4.69) is 25.5 Å². The van der Waals surface area contributed by atoms with Gasteiger partial charge in [-0.1, -0.05) is 0 Å². The van der Waals surface area contributed by atoms with Crippen LogP contribution in [0.5, 0.6) is 0 Å². The molecule has 2 atom stereocenters. The molecule has 21 heavy (non-hydrogen) atoms. The first kappa shape index (κ1) is 15.3. The molecule has 1 aromatic heterocycles. The summed E-state index contributed by atoms with van der Waals surface area (Å²) in [6.45, 7) is 0. The smallest absolute Gasteiger partial charge is 0.139 e. The van der Waals surface area contributed by atoms with Crippen LogP contribution >= 0.6 is 27.5 Å². The first-order chi connectivity index (χ1) is 10.2. The van der Waals surface area contributed by atoms with Gasteiger partial charge in [0.25, 0.3) is 0 Å². The van der Waals surface area contributed by atoms with Gasteiger partial charge < -0.3 is 9.30 Å². The van der Waals surface area contributed by atoms with Crippen molar-refractivity contribution in [3.05, 3.63) is 28.2 Å². The second-order valence-corrected chi connectivity index (χ2v) is 6.60. The van der Waals surface area contributed by atoms with E-state index in [0.29, 0.717) is 16.8 Å². The van der Waals surface area contributed by atoms with Crippen molar-refractivity contribution in [2.24, 2.45) is 0 Å². The Kier molecular flexibility index (Phi) is 4.52. The normalized spacial score (nSPS) is 22.3. The minimum atomic E-state index is -0.270. The summed E-state index contributed by atoms with van der Waals surface area (Å²) in [7, 11) is 1.74. The van der Waals surface area contributed by atoms with Gasteiger partial charge in [0.2, 0.25) is 0 Å². The molecule has 2 aromatic rings. The number of methoxy groups -OCH3 is 1. The highest BCUT2D eigenvalue weighted by Gasteiger charge is 2.31. The molecule has 1 heterocycles. The highest BCUT2D eigenvalue weighted by Crippen LogP contribution is 2.36. The summed E-state index contributed by atoms with van der Waals surface area (Å²) < 4.78 is 22.1. The summed E-state index contributed by atoms with van der Waals surface area (Å²) in [5.41, 5.74) is 1.62. The number of aromatic nitrogens is 2. The number of imidazole rings is 1. The van der Waals surface area contributed by atoms with Crippen molar-refractivity contribution in [1.29, 1.82) is 0 Å². The van der Waals surface area contributed by atoms with E-state index in [1.165, 1.54) is 0 Å². The number of hydrogen-bond acceptors (Lipinski definition) is 2. The van der Waals surface area contributed by atoms with E-state index >= 15 is 0 Å². The number of alkyl halides is 1. The van der Waals surface area contributed by atoms with Gasteiger partial charge in [0.1, 0.15) is 11.6 Å². The van der Waals surface area contributed by atoms with Crippen LogP contribution in [0.25, 0.3) is 11.0 Å². The molecule has 3 nitrogen and oxygen atoms in total. The average molecular weight is 376 g/mol. The zero-order chi connectivity index (χ0) is 15.0. The second kappa shape index (κ2) is 6.23. The maximum atomic E-state index is 13.9. The van der Waals surface area contributed by atoms with Gasteiger partial charge in [0.05, 0.1) is 27.7 Å². The molecule has 0 bridgehead atoms. The molecule has 0 amide bonds. The Morgan fingerprint density at radius 2 is 2.29 bits per heavy atom.